The molecule has 1 aliphatic rings. The number of aryl methyl sites for hydroxylation is 1. The normalized spacial score (nSPS) is 19.6. The summed E-state index contributed by atoms with van der Waals surface area (Å²) in [4.78, 5) is 23.1. The highest BCUT2D eigenvalue weighted by atomic mass is 16.2. The van der Waals surface area contributed by atoms with Crippen LogP contribution in [0.3, 0.4) is 0 Å². The van der Waals surface area contributed by atoms with Crippen molar-refractivity contribution in [3.8, 4) is 0 Å². The first-order chi connectivity index (χ1) is 8.15. The molecule has 0 saturated carbocycles. The third-order valence-electron chi connectivity index (χ3n) is 2.86. The van der Waals surface area contributed by atoms with Crippen LogP contribution in [0.1, 0.15) is 28.8 Å². The van der Waals surface area contributed by atoms with E-state index >= 15 is 0 Å². The Balaban J connectivity index is 1.99. The summed E-state index contributed by atoms with van der Waals surface area (Å²) in [6, 6.07) is 7.39. The van der Waals surface area contributed by atoms with Gasteiger partial charge in [-0.1, -0.05) is 17.7 Å². The zero-order valence-electron chi connectivity index (χ0n) is 9.82. The van der Waals surface area contributed by atoms with Gasteiger partial charge in [0.2, 0.25) is 5.91 Å². The number of carbonyl (C=O) groups is 2. The maximum atomic E-state index is 11.9. The molecule has 90 valence electrons. The topological polar surface area (TPSA) is 58.2 Å². The molecule has 0 bridgehead atoms. The highest BCUT2D eigenvalue weighted by molar-refractivity contribution is 5.95. The lowest BCUT2D eigenvalue weighted by Crippen LogP contribution is -2.45. The van der Waals surface area contributed by atoms with E-state index in [1.807, 2.05) is 25.1 Å². The number of nitrogens with one attached hydrogen (secondary N) is 2. The minimum atomic E-state index is -0.103. The summed E-state index contributed by atoms with van der Waals surface area (Å²) in [6.45, 7) is 2.59. The maximum Gasteiger partial charge on any atom is 0.251 e. The number of rotatable bonds is 2. The van der Waals surface area contributed by atoms with Crippen LogP contribution in [0.4, 0.5) is 0 Å². The molecule has 0 aliphatic carbocycles. The van der Waals surface area contributed by atoms with Gasteiger partial charge in [-0.2, -0.15) is 0 Å². The molecule has 1 aromatic carbocycles. The second-order valence-corrected chi connectivity index (χ2v) is 4.38. The van der Waals surface area contributed by atoms with Crippen molar-refractivity contribution in [3.05, 3.63) is 35.4 Å². The largest absolute Gasteiger partial charge is 0.356 e. The van der Waals surface area contributed by atoms with Gasteiger partial charge in [0.05, 0.1) is 0 Å². The first-order valence-electron chi connectivity index (χ1n) is 5.79. The van der Waals surface area contributed by atoms with Crippen molar-refractivity contribution >= 4 is 11.8 Å². The van der Waals surface area contributed by atoms with E-state index in [1.165, 1.54) is 0 Å². The molecular formula is C13H16N2O2. The fourth-order valence-electron chi connectivity index (χ4n) is 1.96. The molecule has 1 atom stereocenters. The van der Waals surface area contributed by atoms with E-state index in [-0.39, 0.29) is 17.9 Å². The molecule has 2 amide bonds. The van der Waals surface area contributed by atoms with Gasteiger partial charge in [-0.3, -0.25) is 9.59 Å². The van der Waals surface area contributed by atoms with Crippen LogP contribution >= 0.6 is 0 Å². The highest BCUT2D eigenvalue weighted by Gasteiger charge is 2.20. The molecule has 0 spiro atoms. The fourth-order valence-corrected chi connectivity index (χ4v) is 1.96. The van der Waals surface area contributed by atoms with Crippen molar-refractivity contribution in [1.82, 2.24) is 10.6 Å². The fraction of sp³-hybridized carbons (Fsp3) is 0.385. The molecule has 1 aliphatic heterocycles. The summed E-state index contributed by atoms with van der Waals surface area (Å²) in [5, 5.41) is 5.64. The number of benzene rings is 1. The lowest BCUT2D eigenvalue weighted by molar-refractivity contribution is -0.122. The third kappa shape index (κ3) is 3.06. The molecule has 0 aromatic heterocycles. The van der Waals surface area contributed by atoms with Gasteiger partial charge in [0.25, 0.3) is 5.91 Å². The number of hydrogen-bond acceptors (Lipinski definition) is 2. The van der Waals surface area contributed by atoms with Gasteiger partial charge in [-0.15, -0.1) is 0 Å². The Kier molecular flexibility index (Phi) is 3.42. The summed E-state index contributed by atoms with van der Waals surface area (Å²) in [6.07, 6.45) is 1.17. The average Bonchev–Trinajstić information content (AvgIpc) is 2.29. The molecule has 1 saturated heterocycles. The van der Waals surface area contributed by atoms with Gasteiger partial charge in [-0.25, -0.2) is 0 Å². The van der Waals surface area contributed by atoms with Crippen LogP contribution in [0.25, 0.3) is 0 Å². The Hall–Kier alpha value is -1.84. The molecule has 4 heteroatoms. The molecule has 1 heterocycles. The number of piperidine rings is 1. The van der Waals surface area contributed by atoms with Crippen LogP contribution in [0.5, 0.6) is 0 Å². The summed E-state index contributed by atoms with van der Waals surface area (Å²) in [5.41, 5.74) is 1.70. The SMILES string of the molecule is Cc1cccc(C(=O)NC2CCNC(=O)C2)c1. The minimum absolute atomic E-state index is 0.00536. The van der Waals surface area contributed by atoms with E-state index in [0.29, 0.717) is 18.5 Å². The minimum Gasteiger partial charge on any atom is -0.356 e. The van der Waals surface area contributed by atoms with Gasteiger partial charge in [-0.05, 0) is 25.5 Å². The van der Waals surface area contributed by atoms with Crippen LogP contribution in [-0.4, -0.2) is 24.4 Å². The van der Waals surface area contributed by atoms with Crippen molar-refractivity contribution in [2.45, 2.75) is 25.8 Å². The molecule has 17 heavy (non-hydrogen) atoms. The van der Waals surface area contributed by atoms with Gasteiger partial charge in [0.15, 0.2) is 0 Å². The second kappa shape index (κ2) is 4.99. The van der Waals surface area contributed by atoms with Gasteiger partial charge in [0.1, 0.15) is 0 Å². The van der Waals surface area contributed by atoms with Crippen LogP contribution in [-0.2, 0) is 4.79 Å². The van der Waals surface area contributed by atoms with Crippen LogP contribution in [0, 0.1) is 6.92 Å². The zero-order valence-corrected chi connectivity index (χ0v) is 9.82. The van der Waals surface area contributed by atoms with Crippen LogP contribution < -0.4 is 10.6 Å². The monoisotopic (exact) mass is 232 g/mol. The van der Waals surface area contributed by atoms with E-state index < -0.39 is 0 Å². The third-order valence-corrected chi connectivity index (χ3v) is 2.86. The van der Waals surface area contributed by atoms with Crippen molar-refractivity contribution in [2.75, 3.05) is 6.54 Å². The standard InChI is InChI=1S/C13H16N2O2/c1-9-3-2-4-10(7-9)13(17)15-11-5-6-14-12(16)8-11/h2-4,7,11H,5-6,8H2,1H3,(H,14,16)(H,15,17). The van der Waals surface area contributed by atoms with E-state index in [1.54, 1.807) is 6.07 Å². The zero-order chi connectivity index (χ0) is 12.3. The smallest absolute Gasteiger partial charge is 0.251 e. The summed E-state index contributed by atoms with van der Waals surface area (Å²) >= 11 is 0. The second-order valence-electron chi connectivity index (χ2n) is 4.38. The molecule has 1 aromatic rings. The van der Waals surface area contributed by atoms with Crippen molar-refractivity contribution in [3.63, 3.8) is 0 Å². The summed E-state index contributed by atoms with van der Waals surface area (Å²) in [5.74, 6) is -0.0980. The summed E-state index contributed by atoms with van der Waals surface area (Å²) in [7, 11) is 0. The first kappa shape index (κ1) is 11.6. The number of carbonyl (C=O) groups excluding carboxylic acids is 2. The predicted molar refractivity (Wildman–Crippen MR) is 64.7 cm³/mol. The Bertz CT molecular complexity index is 443. The lowest BCUT2D eigenvalue weighted by atomic mass is 10.0. The molecule has 1 fully saturated rings. The number of hydrogen-bond donors (Lipinski definition) is 2. The van der Waals surface area contributed by atoms with Crippen LogP contribution in [0.15, 0.2) is 24.3 Å². The van der Waals surface area contributed by atoms with E-state index in [0.717, 1.165) is 12.0 Å². The first-order valence-corrected chi connectivity index (χ1v) is 5.79. The van der Waals surface area contributed by atoms with E-state index in [2.05, 4.69) is 10.6 Å². The van der Waals surface area contributed by atoms with Crippen molar-refractivity contribution in [1.29, 1.82) is 0 Å². The maximum absolute atomic E-state index is 11.9. The molecular weight excluding hydrogens is 216 g/mol. The molecule has 0 radical (unpaired) electrons. The average molecular weight is 232 g/mol. The number of amides is 2. The Labute approximate surface area is 100 Å². The van der Waals surface area contributed by atoms with E-state index in [9.17, 15) is 9.59 Å². The van der Waals surface area contributed by atoms with Crippen LogP contribution in [0.2, 0.25) is 0 Å². The highest BCUT2D eigenvalue weighted by Crippen LogP contribution is 2.07. The predicted octanol–water partition coefficient (Wildman–Crippen LogP) is 1.00. The van der Waals surface area contributed by atoms with Gasteiger partial charge >= 0.3 is 0 Å². The van der Waals surface area contributed by atoms with Crippen molar-refractivity contribution in [2.24, 2.45) is 0 Å². The molecule has 2 N–H and O–H groups in total. The molecule has 1 unspecified atom stereocenters. The quantitative estimate of drug-likeness (QED) is 0.799. The Morgan fingerprint density at radius 2 is 2.29 bits per heavy atom. The Morgan fingerprint density at radius 3 is 3.00 bits per heavy atom. The molecule has 4 nitrogen and oxygen atoms in total. The lowest BCUT2D eigenvalue weighted by Gasteiger charge is -2.23. The van der Waals surface area contributed by atoms with Crippen molar-refractivity contribution < 1.29 is 9.59 Å². The van der Waals surface area contributed by atoms with Gasteiger partial charge < -0.3 is 10.6 Å². The van der Waals surface area contributed by atoms with E-state index in [4.69, 9.17) is 0 Å². The summed E-state index contributed by atoms with van der Waals surface area (Å²) < 4.78 is 0. The Morgan fingerprint density at radius 1 is 1.47 bits per heavy atom. The molecule has 2 rings (SSSR count). The van der Waals surface area contributed by atoms with Gasteiger partial charge in [0, 0.05) is 24.6 Å².